The molecule has 0 aliphatic carbocycles. The average molecular weight is 192 g/mol. The summed E-state index contributed by atoms with van der Waals surface area (Å²) in [5, 5.41) is 3.86. The molecule has 0 saturated carbocycles. The fourth-order valence-corrected chi connectivity index (χ4v) is 1.24. The molecule has 3 N–H and O–H groups in total. The molecule has 1 amide bonds. The maximum Gasteiger partial charge on any atom is 0.274 e. The maximum absolute atomic E-state index is 11.4. The van der Waals surface area contributed by atoms with Gasteiger partial charge < -0.3 is 10.7 Å². The van der Waals surface area contributed by atoms with Crippen LogP contribution in [0.1, 0.15) is 16.2 Å². The first-order chi connectivity index (χ1) is 6.58. The van der Waals surface area contributed by atoms with Gasteiger partial charge >= 0.3 is 0 Å². The van der Waals surface area contributed by atoms with Crippen LogP contribution in [0.25, 0.3) is 5.52 Å². The maximum atomic E-state index is 11.4. The van der Waals surface area contributed by atoms with E-state index in [0.29, 0.717) is 11.2 Å². The highest BCUT2D eigenvalue weighted by Crippen LogP contribution is 2.01. The predicted molar refractivity (Wildman–Crippen MR) is 49.1 cm³/mol. The van der Waals surface area contributed by atoms with E-state index in [0.717, 1.165) is 0 Å². The fraction of sp³-hybridized carbons (Fsp3) is 0.125. The Morgan fingerprint density at radius 3 is 3.00 bits per heavy atom. The standard InChI is InChI=1S/C8H8N4O2/c1-4-3-12-6(8(14)10-4)2-5(11-12)7(9)13/h2-3H,1H3,(H2,9,13)(H,10,14). The zero-order valence-corrected chi connectivity index (χ0v) is 7.44. The number of rotatable bonds is 1. The van der Waals surface area contributed by atoms with Crippen molar-refractivity contribution in [1.82, 2.24) is 14.6 Å². The molecular formula is C8H8N4O2. The molecule has 0 aliphatic heterocycles. The van der Waals surface area contributed by atoms with Crippen molar-refractivity contribution in [2.75, 3.05) is 0 Å². The van der Waals surface area contributed by atoms with Gasteiger partial charge in [0.25, 0.3) is 11.5 Å². The number of nitrogens with two attached hydrogens (primary N) is 1. The highest BCUT2D eigenvalue weighted by Gasteiger charge is 2.08. The number of carbonyl (C=O) groups is 1. The number of hydrogen-bond acceptors (Lipinski definition) is 3. The Kier molecular flexibility index (Phi) is 1.63. The van der Waals surface area contributed by atoms with E-state index in [1.54, 1.807) is 13.1 Å². The van der Waals surface area contributed by atoms with Gasteiger partial charge in [0.2, 0.25) is 0 Å². The van der Waals surface area contributed by atoms with Crippen LogP contribution in [0.15, 0.2) is 17.1 Å². The van der Waals surface area contributed by atoms with Crippen LogP contribution in [-0.2, 0) is 0 Å². The SMILES string of the molecule is Cc1cn2nc(C(N)=O)cc2c(=O)[nH]1. The number of aromatic nitrogens is 3. The van der Waals surface area contributed by atoms with Gasteiger partial charge in [-0.2, -0.15) is 5.10 Å². The Bertz CT molecular complexity index is 566. The van der Waals surface area contributed by atoms with Crippen molar-refractivity contribution in [3.63, 3.8) is 0 Å². The van der Waals surface area contributed by atoms with Gasteiger partial charge in [-0.1, -0.05) is 0 Å². The minimum absolute atomic E-state index is 0.0844. The molecule has 6 nitrogen and oxygen atoms in total. The molecule has 0 spiro atoms. The summed E-state index contributed by atoms with van der Waals surface area (Å²) in [7, 11) is 0. The molecule has 0 aliphatic rings. The van der Waals surface area contributed by atoms with Crippen LogP contribution in [0.5, 0.6) is 0 Å². The Hall–Kier alpha value is -2.11. The van der Waals surface area contributed by atoms with Crippen molar-refractivity contribution in [3.05, 3.63) is 34.0 Å². The third kappa shape index (κ3) is 1.17. The number of amides is 1. The highest BCUT2D eigenvalue weighted by molar-refractivity contribution is 5.92. The van der Waals surface area contributed by atoms with Gasteiger partial charge in [-0.15, -0.1) is 0 Å². The topological polar surface area (TPSA) is 93.2 Å². The van der Waals surface area contributed by atoms with Crippen molar-refractivity contribution in [1.29, 1.82) is 0 Å². The van der Waals surface area contributed by atoms with Crippen LogP contribution in [0, 0.1) is 6.92 Å². The lowest BCUT2D eigenvalue weighted by molar-refractivity contribution is 0.0995. The molecular weight excluding hydrogens is 184 g/mol. The molecule has 0 unspecified atom stereocenters. The molecule has 0 aromatic carbocycles. The van der Waals surface area contributed by atoms with Crippen LogP contribution < -0.4 is 11.3 Å². The molecule has 0 saturated heterocycles. The van der Waals surface area contributed by atoms with Crippen molar-refractivity contribution < 1.29 is 4.79 Å². The van der Waals surface area contributed by atoms with Gasteiger partial charge in [0.1, 0.15) is 5.52 Å². The first-order valence-electron chi connectivity index (χ1n) is 3.97. The summed E-state index contributed by atoms with van der Waals surface area (Å²) < 4.78 is 1.34. The molecule has 0 bridgehead atoms. The highest BCUT2D eigenvalue weighted by atomic mass is 16.1. The van der Waals surface area contributed by atoms with Crippen LogP contribution in [0.3, 0.4) is 0 Å². The Morgan fingerprint density at radius 2 is 2.36 bits per heavy atom. The molecule has 2 rings (SSSR count). The number of fused-ring (bicyclic) bond motifs is 1. The van der Waals surface area contributed by atoms with Crippen molar-refractivity contribution >= 4 is 11.4 Å². The van der Waals surface area contributed by atoms with Crippen molar-refractivity contribution in [2.45, 2.75) is 6.92 Å². The number of aromatic amines is 1. The predicted octanol–water partition coefficient (Wildman–Crippen LogP) is -0.570. The van der Waals surface area contributed by atoms with E-state index < -0.39 is 5.91 Å². The number of hydrogen-bond donors (Lipinski definition) is 2. The summed E-state index contributed by atoms with van der Waals surface area (Å²) in [4.78, 5) is 24.8. The summed E-state index contributed by atoms with van der Waals surface area (Å²) in [6.07, 6.45) is 1.61. The molecule has 0 atom stereocenters. The molecule has 72 valence electrons. The summed E-state index contributed by atoms with van der Waals surface area (Å²) in [6, 6.07) is 1.36. The number of primary amides is 1. The minimum atomic E-state index is -0.647. The van der Waals surface area contributed by atoms with E-state index in [1.165, 1.54) is 10.6 Å². The van der Waals surface area contributed by atoms with Crippen molar-refractivity contribution in [3.8, 4) is 0 Å². The van der Waals surface area contributed by atoms with E-state index in [4.69, 9.17) is 5.73 Å². The summed E-state index contributed by atoms with van der Waals surface area (Å²) in [5.74, 6) is -0.647. The first-order valence-corrected chi connectivity index (χ1v) is 3.97. The molecule has 6 heteroatoms. The Balaban J connectivity index is 2.83. The molecule has 0 fully saturated rings. The van der Waals surface area contributed by atoms with E-state index in [-0.39, 0.29) is 11.3 Å². The van der Waals surface area contributed by atoms with E-state index in [9.17, 15) is 9.59 Å². The lowest BCUT2D eigenvalue weighted by Gasteiger charge is -1.93. The third-order valence-electron chi connectivity index (χ3n) is 1.85. The molecule has 2 aromatic rings. The molecule has 2 aromatic heterocycles. The monoisotopic (exact) mass is 192 g/mol. The van der Waals surface area contributed by atoms with Gasteiger partial charge in [-0.3, -0.25) is 9.59 Å². The second kappa shape index (κ2) is 2.69. The van der Waals surface area contributed by atoms with Crippen LogP contribution in [-0.4, -0.2) is 20.5 Å². The van der Waals surface area contributed by atoms with Gasteiger partial charge in [0, 0.05) is 18.0 Å². The largest absolute Gasteiger partial charge is 0.364 e. The average Bonchev–Trinajstić information content (AvgIpc) is 2.47. The Morgan fingerprint density at radius 1 is 1.64 bits per heavy atom. The second-order valence-corrected chi connectivity index (χ2v) is 2.99. The van der Waals surface area contributed by atoms with Gasteiger partial charge in [0.05, 0.1) is 0 Å². The molecule has 0 radical (unpaired) electrons. The summed E-state index contributed by atoms with van der Waals surface area (Å²) >= 11 is 0. The number of nitrogens with zero attached hydrogens (tertiary/aromatic N) is 2. The van der Waals surface area contributed by atoms with Crippen LogP contribution >= 0.6 is 0 Å². The lowest BCUT2D eigenvalue weighted by atomic mass is 10.4. The molecule has 2 heterocycles. The summed E-state index contributed by atoms with van der Waals surface area (Å²) in [6.45, 7) is 1.73. The van der Waals surface area contributed by atoms with E-state index in [1.807, 2.05) is 0 Å². The quantitative estimate of drug-likeness (QED) is 0.633. The first kappa shape index (κ1) is 8.49. The zero-order chi connectivity index (χ0) is 10.3. The number of H-pyrrole nitrogens is 1. The summed E-state index contributed by atoms with van der Waals surface area (Å²) in [5.41, 5.74) is 5.81. The van der Waals surface area contributed by atoms with Crippen LogP contribution in [0.4, 0.5) is 0 Å². The van der Waals surface area contributed by atoms with Gasteiger partial charge in [-0.25, -0.2) is 4.52 Å². The van der Waals surface area contributed by atoms with E-state index >= 15 is 0 Å². The van der Waals surface area contributed by atoms with Crippen molar-refractivity contribution in [2.24, 2.45) is 5.73 Å². The second-order valence-electron chi connectivity index (χ2n) is 2.99. The van der Waals surface area contributed by atoms with Gasteiger partial charge in [0.15, 0.2) is 5.69 Å². The van der Waals surface area contributed by atoms with Crippen LogP contribution in [0.2, 0.25) is 0 Å². The number of aryl methyl sites for hydroxylation is 1. The lowest BCUT2D eigenvalue weighted by Crippen LogP contribution is -2.11. The van der Waals surface area contributed by atoms with Gasteiger partial charge in [-0.05, 0) is 6.92 Å². The number of nitrogens with one attached hydrogen (secondary N) is 1. The Labute approximate surface area is 78.4 Å². The smallest absolute Gasteiger partial charge is 0.274 e. The fourth-order valence-electron chi connectivity index (χ4n) is 1.24. The minimum Gasteiger partial charge on any atom is -0.364 e. The normalized spacial score (nSPS) is 10.6. The molecule has 14 heavy (non-hydrogen) atoms. The van der Waals surface area contributed by atoms with E-state index in [2.05, 4.69) is 10.1 Å². The third-order valence-corrected chi connectivity index (χ3v) is 1.85. The zero-order valence-electron chi connectivity index (χ0n) is 7.44. The number of carbonyl (C=O) groups excluding carboxylic acids is 1.